The third-order valence-corrected chi connectivity index (χ3v) is 3.72. The standard InChI is InChI=1S/C19H25NO/c1-3-10-18(16-11-6-4-7-12-16)20-19(15-21-2)17-13-8-5-9-14-17/h4-9,11-14,18-20H,3,10,15H2,1-2H3/t18-,19+/m1/s1. The quantitative estimate of drug-likeness (QED) is 0.770. The van der Waals surface area contributed by atoms with Gasteiger partial charge in [0.25, 0.3) is 0 Å². The molecule has 0 fully saturated rings. The van der Waals surface area contributed by atoms with Gasteiger partial charge in [-0.25, -0.2) is 0 Å². The van der Waals surface area contributed by atoms with E-state index in [-0.39, 0.29) is 6.04 Å². The number of nitrogens with one attached hydrogen (secondary N) is 1. The summed E-state index contributed by atoms with van der Waals surface area (Å²) in [6.45, 7) is 2.91. The third kappa shape index (κ3) is 4.69. The highest BCUT2D eigenvalue weighted by Crippen LogP contribution is 2.23. The molecule has 1 N–H and O–H groups in total. The third-order valence-electron chi connectivity index (χ3n) is 3.72. The molecule has 2 aromatic carbocycles. The predicted octanol–water partition coefficient (Wildman–Crippen LogP) is 4.51. The van der Waals surface area contributed by atoms with Gasteiger partial charge in [0.1, 0.15) is 0 Å². The van der Waals surface area contributed by atoms with E-state index in [1.807, 2.05) is 6.07 Å². The van der Waals surface area contributed by atoms with Crippen LogP contribution in [0.4, 0.5) is 0 Å². The topological polar surface area (TPSA) is 21.3 Å². The summed E-state index contributed by atoms with van der Waals surface area (Å²) in [7, 11) is 1.76. The number of rotatable bonds is 8. The number of benzene rings is 2. The second-order valence-corrected chi connectivity index (χ2v) is 5.34. The summed E-state index contributed by atoms with van der Waals surface area (Å²) in [6.07, 6.45) is 2.28. The molecule has 0 unspecified atom stereocenters. The fourth-order valence-electron chi connectivity index (χ4n) is 2.66. The smallest absolute Gasteiger partial charge is 0.0657 e. The van der Waals surface area contributed by atoms with Crippen LogP contribution in [0.2, 0.25) is 0 Å². The Morgan fingerprint density at radius 2 is 1.38 bits per heavy atom. The fourth-order valence-corrected chi connectivity index (χ4v) is 2.66. The molecule has 21 heavy (non-hydrogen) atoms. The highest BCUT2D eigenvalue weighted by molar-refractivity contribution is 5.22. The van der Waals surface area contributed by atoms with Crippen LogP contribution < -0.4 is 5.32 Å². The zero-order valence-electron chi connectivity index (χ0n) is 13.0. The molecule has 0 spiro atoms. The Kier molecular flexibility index (Phi) is 6.45. The van der Waals surface area contributed by atoms with Crippen LogP contribution in [0.15, 0.2) is 60.7 Å². The molecule has 2 nitrogen and oxygen atoms in total. The molecule has 0 amide bonds. The van der Waals surface area contributed by atoms with E-state index < -0.39 is 0 Å². The van der Waals surface area contributed by atoms with Gasteiger partial charge in [0.05, 0.1) is 12.6 Å². The summed E-state index contributed by atoms with van der Waals surface area (Å²) in [5, 5.41) is 3.76. The van der Waals surface area contributed by atoms with Gasteiger partial charge in [0.2, 0.25) is 0 Å². The van der Waals surface area contributed by atoms with E-state index in [1.54, 1.807) is 7.11 Å². The van der Waals surface area contributed by atoms with Gasteiger partial charge in [0.15, 0.2) is 0 Å². The first-order valence-electron chi connectivity index (χ1n) is 7.70. The highest BCUT2D eigenvalue weighted by Gasteiger charge is 2.17. The summed E-state index contributed by atoms with van der Waals surface area (Å²) in [4.78, 5) is 0. The molecule has 0 heterocycles. The summed E-state index contributed by atoms with van der Waals surface area (Å²) in [5.74, 6) is 0. The van der Waals surface area contributed by atoms with Gasteiger partial charge in [-0.1, -0.05) is 74.0 Å². The average Bonchev–Trinajstić information content (AvgIpc) is 2.55. The Morgan fingerprint density at radius 3 is 1.86 bits per heavy atom. The first-order chi connectivity index (χ1) is 10.3. The van der Waals surface area contributed by atoms with E-state index in [1.165, 1.54) is 11.1 Å². The largest absolute Gasteiger partial charge is 0.383 e. The van der Waals surface area contributed by atoms with Crippen molar-refractivity contribution in [3.63, 3.8) is 0 Å². The minimum absolute atomic E-state index is 0.216. The van der Waals surface area contributed by atoms with Gasteiger partial charge in [-0.3, -0.25) is 0 Å². The molecule has 0 bridgehead atoms. The maximum atomic E-state index is 5.41. The maximum absolute atomic E-state index is 5.41. The highest BCUT2D eigenvalue weighted by atomic mass is 16.5. The average molecular weight is 283 g/mol. The summed E-state index contributed by atoms with van der Waals surface area (Å²) in [5.41, 5.74) is 2.62. The van der Waals surface area contributed by atoms with Crippen LogP contribution >= 0.6 is 0 Å². The van der Waals surface area contributed by atoms with E-state index in [2.05, 4.69) is 66.8 Å². The van der Waals surface area contributed by atoms with Crippen molar-refractivity contribution in [2.45, 2.75) is 31.8 Å². The lowest BCUT2D eigenvalue weighted by molar-refractivity contribution is 0.159. The van der Waals surface area contributed by atoms with Crippen LogP contribution in [0.1, 0.15) is 43.0 Å². The van der Waals surface area contributed by atoms with Crippen LogP contribution in [0.5, 0.6) is 0 Å². The predicted molar refractivity (Wildman–Crippen MR) is 88.3 cm³/mol. The number of hydrogen-bond acceptors (Lipinski definition) is 2. The lowest BCUT2D eigenvalue weighted by atomic mass is 9.99. The molecule has 0 aliphatic rings. The van der Waals surface area contributed by atoms with Gasteiger partial charge in [-0.15, -0.1) is 0 Å². The summed E-state index contributed by atoms with van der Waals surface area (Å²) < 4.78 is 5.41. The second-order valence-electron chi connectivity index (χ2n) is 5.34. The van der Waals surface area contributed by atoms with E-state index in [4.69, 9.17) is 4.74 Å². The molecule has 2 heteroatoms. The summed E-state index contributed by atoms with van der Waals surface area (Å²) >= 11 is 0. The zero-order valence-corrected chi connectivity index (χ0v) is 13.0. The molecule has 2 rings (SSSR count). The van der Waals surface area contributed by atoms with Crippen LogP contribution in [-0.2, 0) is 4.74 Å². The van der Waals surface area contributed by atoms with E-state index in [0.717, 1.165) is 12.8 Å². The van der Waals surface area contributed by atoms with Crippen molar-refractivity contribution in [2.75, 3.05) is 13.7 Å². The molecule has 0 radical (unpaired) electrons. The monoisotopic (exact) mass is 283 g/mol. The summed E-state index contributed by atoms with van der Waals surface area (Å²) in [6, 6.07) is 21.8. The fraction of sp³-hybridized carbons (Fsp3) is 0.368. The maximum Gasteiger partial charge on any atom is 0.0657 e. The van der Waals surface area contributed by atoms with Crippen LogP contribution in [0, 0.1) is 0 Å². The van der Waals surface area contributed by atoms with Crippen LogP contribution in [0.25, 0.3) is 0 Å². The molecule has 0 aromatic heterocycles. The van der Waals surface area contributed by atoms with Gasteiger partial charge in [-0.2, -0.15) is 0 Å². The Bertz CT molecular complexity index is 450. The molecule has 0 saturated carbocycles. The molecule has 0 aliphatic heterocycles. The van der Waals surface area contributed by atoms with Gasteiger partial charge >= 0.3 is 0 Å². The minimum atomic E-state index is 0.216. The van der Waals surface area contributed by atoms with Crippen molar-refractivity contribution < 1.29 is 4.74 Å². The molecule has 2 aromatic rings. The number of ether oxygens (including phenoxy) is 1. The minimum Gasteiger partial charge on any atom is -0.383 e. The van der Waals surface area contributed by atoms with E-state index in [0.29, 0.717) is 12.6 Å². The van der Waals surface area contributed by atoms with Crippen molar-refractivity contribution >= 4 is 0 Å². The first-order valence-corrected chi connectivity index (χ1v) is 7.70. The first kappa shape index (κ1) is 15.7. The Morgan fingerprint density at radius 1 is 0.857 bits per heavy atom. The number of hydrogen-bond donors (Lipinski definition) is 1. The van der Waals surface area contributed by atoms with Gasteiger partial charge in [-0.05, 0) is 17.5 Å². The van der Waals surface area contributed by atoms with Crippen molar-refractivity contribution in [2.24, 2.45) is 0 Å². The zero-order chi connectivity index (χ0) is 14.9. The van der Waals surface area contributed by atoms with Crippen molar-refractivity contribution in [3.05, 3.63) is 71.8 Å². The van der Waals surface area contributed by atoms with E-state index in [9.17, 15) is 0 Å². The lowest BCUT2D eigenvalue weighted by Crippen LogP contribution is -2.29. The molecular weight excluding hydrogens is 258 g/mol. The SMILES string of the molecule is CCC[C@@H](N[C@@H](COC)c1ccccc1)c1ccccc1. The van der Waals surface area contributed by atoms with Crippen molar-refractivity contribution in [1.29, 1.82) is 0 Å². The Labute approximate surface area is 128 Å². The normalized spacial score (nSPS) is 13.8. The van der Waals surface area contributed by atoms with Crippen LogP contribution in [0.3, 0.4) is 0 Å². The second kappa shape index (κ2) is 8.60. The van der Waals surface area contributed by atoms with Gasteiger partial charge in [0, 0.05) is 13.2 Å². The lowest BCUT2D eigenvalue weighted by Gasteiger charge is -2.26. The molecule has 0 aliphatic carbocycles. The van der Waals surface area contributed by atoms with Crippen molar-refractivity contribution in [1.82, 2.24) is 5.32 Å². The van der Waals surface area contributed by atoms with Crippen LogP contribution in [-0.4, -0.2) is 13.7 Å². The molecular formula is C19H25NO. The van der Waals surface area contributed by atoms with Gasteiger partial charge < -0.3 is 10.1 Å². The molecule has 2 atom stereocenters. The Balaban J connectivity index is 2.16. The number of methoxy groups -OCH3 is 1. The Hall–Kier alpha value is -1.64. The van der Waals surface area contributed by atoms with E-state index >= 15 is 0 Å². The molecule has 112 valence electrons. The van der Waals surface area contributed by atoms with Crippen molar-refractivity contribution in [3.8, 4) is 0 Å². The molecule has 0 saturated heterocycles.